The number of amides is 1. The zero-order chi connectivity index (χ0) is 19.3. The molecule has 0 heterocycles. The molecular formula is C20H26N2O3S. The number of rotatable bonds is 7. The minimum atomic E-state index is -3.46. The van der Waals surface area contributed by atoms with Gasteiger partial charge in [-0.25, -0.2) is 8.42 Å². The van der Waals surface area contributed by atoms with E-state index in [0.717, 1.165) is 16.7 Å². The predicted molar refractivity (Wildman–Crippen MR) is 104 cm³/mol. The highest BCUT2D eigenvalue weighted by molar-refractivity contribution is 7.89. The molecule has 1 amide bonds. The van der Waals surface area contributed by atoms with Gasteiger partial charge >= 0.3 is 0 Å². The summed E-state index contributed by atoms with van der Waals surface area (Å²) in [4.78, 5) is 12.5. The average molecular weight is 375 g/mol. The van der Waals surface area contributed by atoms with Crippen LogP contribution in [0.3, 0.4) is 0 Å². The molecule has 0 radical (unpaired) electrons. The number of hydrogen-bond donors (Lipinski definition) is 1. The third-order valence-electron chi connectivity index (χ3n) is 4.49. The van der Waals surface area contributed by atoms with Crippen molar-refractivity contribution in [1.82, 2.24) is 9.62 Å². The number of carbonyl (C=O) groups excluding carboxylic acids is 1. The lowest BCUT2D eigenvalue weighted by Crippen LogP contribution is -2.30. The Bertz CT molecular complexity index is 870. The molecule has 0 aliphatic rings. The number of hydrogen-bond acceptors (Lipinski definition) is 3. The lowest BCUT2D eigenvalue weighted by Gasteiger charge is -2.18. The Morgan fingerprint density at radius 3 is 2.12 bits per heavy atom. The molecule has 6 heteroatoms. The van der Waals surface area contributed by atoms with Gasteiger partial charge in [-0.1, -0.05) is 32.0 Å². The second-order valence-corrected chi connectivity index (χ2v) is 8.15. The zero-order valence-corrected chi connectivity index (χ0v) is 16.6. The Morgan fingerprint density at radius 2 is 1.58 bits per heavy atom. The van der Waals surface area contributed by atoms with Crippen LogP contribution in [0.25, 0.3) is 0 Å². The van der Waals surface area contributed by atoms with Crippen molar-refractivity contribution in [2.45, 2.75) is 39.1 Å². The summed E-state index contributed by atoms with van der Waals surface area (Å²) >= 11 is 0. The Labute approximate surface area is 156 Å². The van der Waals surface area contributed by atoms with E-state index in [2.05, 4.69) is 5.32 Å². The maximum Gasteiger partial charge on any atom is 0.251 e. The number of aryl methyl sites for hydroxylation is 2. The zero-order valence-electron chi connectivity index (χ0n) is 15.7. The molecule has 2 aromatic rings. The van der Waals surface area contributed by atoms with Crippen LogP contribution >= 0.6 is 0 Å². The molecule has 2 rings (SSSR count). The van der Waals surface area contributed by atoms with E-state index in [1.807, 2.05) is 39.8 Å². The Kier molecular flexibility index (Phi) is 6.56. The van der Waals surface area contributed by atoms with E-state index in [9.17, 15) is 13.2 Å². The molecule has 1 N–H and O–H groups in total. The molecule has 26 heavy (non-hydrogen) atoms. The first-order valence-corrected chi connectivity index (χ1v) is 10.2. The van der Waals surface area contributed by atoms with Crippen molar-refractivity contribution < 1.29 is 13.2 Å². The molecule has 0 saturated heterocycles. The van der Waals surface area contributed by atoms with Gasteiger partial charge in [-0.2, -0.15) is 4.31 Å². The molecule has 5 nitrogen and oxygen atoms in total. The van der Waals surface area contributed by atoms with Crippen LogP contribution in [0.4, 0.5) is 0 Å². The standard InChI is InChI=1S/C20H26N2O3S/c1-5-22(6-2)26(24,25)19-11-8-17(9-12-19)14-21-20(23)18-10-7-15(3)16(4)13-18/h7-13H,5-6,14H2,1-4H3,(H,21,23). The highest BCUT2D eigenvalue weighted by atomic mass is 32.2. The first-order valence-electron chi connectivity index (χ1n) is 8.74. The van der Waals surface area contributed by atoms with Gasteiger partial charge in [0.15, 0.2) is 0 Å². The molecule has 0 spiro atoms. The molecule has 0 aliphatic carbocycles. The van der Waals surface area contributed by atoms with Crippen LogP contribution in [-0.4, -0.2) is 31.7 Å². The number of nitrogens with zero attached hydrogens (tertiary/aromatic N) is 1. The van der Waals surface area contributed by atoms with Crippen LogP contribution in [0, 0.1) is 13.8 Å². The first kappa shape index (κ1) is 20.1. The monoisotopic (exact) mass is 374 g/mol. The highest BCUT2D eigenvalue weighted by Gasteiger charge is 2.21. The summed E-state index contributed by atoms with van der Waals surface area (Å²) in [5.41, 5.74) is 3.68. The third kappa shape index (κ3) is 4.51. The van der Waals surface area contributed by atoms with Crippen molar-refractivity contribution >= 4 is 15.9 Å². The van der Waals surface area contributed by atoms with Crippen molar-refractivity contribution in [2.75, 3.05) is 13.1 Å². The van der Waals surface area contributed by atoms with Gasteiger partial charge in [0, 0.05) is 25.2 Å². The van der Waals surface area contributed by atoms with Gasteiger partial charge in [0.2, 0.25) is 10.0 Å². The molecule has 2 aromatic carbocycles. The summed E-state index contributed by atoms with van der Waals surface area (Å²) in [5.74, 6) is -0.145. The molecular weight excluding hydrogens is 348 g/mol. The van der Waals surface area contributed by atoms with Gasteiger partial charge < -0.3 is 5.32 Å². The SMILES string of the molecule is CCN(CC)S(=O)(=O)c1ccc(CNC(=O)c2ccc(C)c(C)c2)cc1. The van der Waals surface area contributed by atoms with E-state index in [-0.39, 0.29) is 10.8 Å². The largest absolute Gasteiger partial charge is 0.348 e. The van der Waals surface area contributed by atoms with E-state index < -0.39 is 10.0 Å². The highest BCUT2D eigenvalue weighted by Crippen LogP contribution is 2.16. The molecule has 0 atom stereocenters. The molecule has 0 aliphatic heterocycles. The Hall–Kier alpha value is -2.18. The van der Waals surface area contributed by atoms with Crippen LogP contribution in [-0.2, 0) is 16.6 Å². The molecule has 0 saturated carbocycles. The number of benzene rings is 2. The van der Waals surface area contributed by atoms with Crippen LogP contribution < -0.4 is 5.32 Å². The van der Waals surface area contributed by atoms with Crippen LogP contribution in [0.5, 0.6) is 0 Å². The molecule has 0 unspecified atom stereocenters. The molecule has 0 fully saturated rings. The van der Waals surface area contributed by atoms with E-state index in [1.54, 1.807) is 30.3 Å². The summed E-state index contributed by atoms with van der Waals surface area (Å²) in [5, 5.41) is 2.87. The van der Waals surface area contributed by atoms with Gasteiger partial charge in [-0.3, -0.25) is 4.79 Å². The van der Waals surface area contributed by atoms with Gasteiger partial charge in [0.05, 0.1) is 4.90 Å². The van der Waals surface area contributed by atoms with Crippen molar-refractivity contribution in [2.24, 2.45) is 0 Å². The van der Waals surface area contributed by atoms with Crippen LogP contribution in [0.2, 0.25) is 0 Å². The fraction of sp³-hybridized carbons (Fsp3) is 0.350. The normalized spacial score (nSPS) is 11.6. The topological polar surface area (TPSA) is 66.5 Å². The van der Waals surface area contributed by atoms with Crippen molar-refractivity contribution in [3.8, 4) is 0 Å². The van der Waals surface area contributed by atoms with Crippen LogP contribution in [0.1, 0.15) is 40.9 Å². The quantitative estimate of drug-likeness (QED) is 0.809. The molecule has 0 bridgehead atoms. The maximum absolute atomic E-state index is 12.5. The van der Waals surface area contributed by atoms with E-state index >= 15 is 0 Å². The molecule has 0 aromatic heterocycles. The van der Waals surface area contributed by atoms with Gasteiger partial charge in [-0.05, 0) is 54.8 Å². The summed E-state index contributed by atoms with van der Waals surface area (Å²) in [6.07, 6.45) is 0. The van der Waals surface area contributed by atoms with Crippen molar-refractivity contribution in [3.05, 3.63) is 64.7 Å². The van der Waals surface area contributed by atoms with Crippen LogP contribution in [0.15, 0.2) is 47.4 Å². The van der Waals surface area contributed by atoms with Gasteiger partial charge in [-0.15, -0.1) is 0 Å². The minimum absolute atomic E-state index is 0.145. The van der Waals surface area contributed by atoms with E-state index in [4.69, 9.17) is 0 Å². The van der Waals surface area contributed by atoms with Crippen molar-refractivity contribution in [3.63, 3.8) is 0 Å². The minimum Gasteiger partial charge on any atom is -0.348 e. The Balaban J connectivity index is 2.05. The summed E-state index contributed by atoms with van der Waals surface area (Å²) < 4.78 is 26.4. The van der Waals surface area contributed by atoms with E-state index in [1.165, 1.54) is 4.31 Å². The predicted octanol–water partition coefficient (Wildman–Crippen LogP) is 3.26. The average Bonchev–Trinajstić information content (AvgIpc) is 2.63. The maximum atomic E-state index is 12.5. The molecule has 140 valence electrons. The van der Waals surface area contributed by atoms with Gasteiger partial charge in [0.25, 0.3) is 5.91 Å². The first-order chi connectivity index (χ1) is 12.3. The number of carbonyl (C=O) groups is 1. The fourth-order valence-electron chi connectivity index (χ4n) is 2.66. The summed E-state index contributed by atoms with van der Waals surface area (Å²) in [7, 11) is -3.46. The lowest BCUT2D eigenvalue weighted by atomic mass is 10.1. The second-order valence-electron chi connectivity index (χ2n) is 6.21. The van der Waals surface area contributed by atoms with E-state index in [0.29, 0.717) is 25.2 Å². The fourth-order valence-corrected chi connectivity index (χ4v) is 4.12. The third-order valence-corrected chi connectivity index (χ3v) is 6.55. The lowest BCUT2D eigenvalue weighted by molar-refractivity contribution is 0.0951. The summed E-state index contributed by atoms with van der Waals surface area (Å²) in [6.45, 7) is 8.83. The number of sulfonamides is 1. The van der Waals surface area contributed by atoms with Gasteiger partial charge in [0.1, 0.15) is 0 Å². The van der Waals surface area contributed by atoms with Crippen molar-refractivity contribution in [1.29, 1.82) is 0 Å². The second kappa shape index (κ2) is 8.47. The Morgan fingerprint density at radius 1 is 0.962 bits per heavy atom. The summed E-state index contributed by atoms with van der Waals surface area (Å²) in [6, 6.07) is 12.2. The smallest absolute Gasteiger partial charge is 0.251 e. The number of nitrogens with one attached hydrogen (secondary N) is 1.